The number of phenols is 1. The van der Waals surface area contributed by atoms with Gasteiger partial charge in [0.1, 0.15) is 5.75 Å². The van der Waals surface area contributed by atoms with E-state index in [0.29, 0.717) is 11.7 Å². The van der Waals surface area contributed by atoms with E-state index in [1.807, 2.05) is 12.1 Å². The second-order valence-corrected chi connectivity index (χ2v) is 4.11. The fourth-order valence-electron chi connectivity index (χ4n) is 1.80. The van der Waals surface area contributed by atoms with Crippen LogP contribution in [0.25, 0.3) is 0 Å². The number of phenolic OH excluding ortho intramolecular Hbond substituents is 1. The van der Waals surface area contributed by atoms with Gasteiger partial charge in [0.2, 0.25) is 0 Å². The van der Waals surface area contributed by atoms with E-state index in [9.17, 15) is 5.11 Å². The van der Waals surface area contributed by atoms with Crippen LogP contribution in [0.3, 0.4) is 0 Å². The highest BCUT2D eigenvalue weighted by molar-refractivity contribution is 5.39. The Morgan fingerprint density at radius 3 is 2.71 bits per heavy atom. The van der Waals surface area contributed by atoms with Crippen LogP contribution in [-0.2, 0) is 6.42 Å². The first-order valence-electron chi connectivity index (χ1n) is 5.29. The van der Waals surface area contributed by atoms with Gasteiger partial charge in [-0.15, -0.1) is 0 Å². The highest BCUT2D eigenvalue weighted by atomic mass is 16.3. The monoisotopic (exact) mass is 191 g/mol. The van der Waals surface area contributed by atoms with Gasteiger partial charge in [-0.1, -0.05) is 19.1 Å². The standard InChI is InChI=1S/C12H17NO/c1-2-8-3-6-10(11(14)7-8)12(13)9-4-5-9/h3,6-7,9,12,14H,2,4-5,13H2,1H3. The summed E-state index contributed by atoms with van der Waals surface area (Å²) < 4.78 is 0. The molecule has 1 saturated carbocycles. The molecular formula is C12H17NO. The summed E-state index contributed by atoms with van der Waals surface area (Å²) in [6, 6.07) is 5.88. The summed E-state index contributed by atoms with van der Waals surface area (Å²) in [4.78, 5) is 0. The number of nitrogens with two attached hydrogens (primary N) is 1. The van der Waals surface area contributed by atoms with E-state index in [0.717, 1.165) is 17.5 Å². The van der Waals surface area contributed by atoms with Crippen LogP contribution in [0, 0.1) is 5.92 Å². The van der Waals surface area contributed by atoms with Crippen LogP contribution < -0.4 is 5.73 Å². The summed E-state index contributed by atoms with van der Waals surface area (Å²) in [6.45, 7) is 2.08. The quantitative estimate of drug-likeness (QED) is 0.770. The van der Waals surface area contributed by atoms with Gasteiger partial charge in [0.15, 0.2) is 0 Å². The Bertz CT molecular complexity index is 331. The topological polar surface area (TPSA) is 46.2 Å². The van der Waals surface area contributed by atoms with Crippen molar-refractivity contribution in [2.75, 3.05) is 0 Å². The molecule has 0 spiro atoms. The van der Waals surface area contributed by atoms with E-state index in [1.54, 1.807) is 0 Å². The number of benzene rings is 1. The van der Waals surface area contributed by atoms with Crippen molar-refractivity contribution in [1.29, 1.82) is 0 Å². The summed E-state index contributed by atoms with van der Waals surface area (Å²) >= 11 is 0. The van der Waals surface area contributed by atoms with Gasteiger partial charge in [-0.3, -0.25) is 0 Å². The van der Waals surface area contributed by atoms with E-state index in [1.165, 1.54) is 12.8 Å². The van der Waals surface area contributed by atoms with Crippen LogP contribution in [0.5, 0.6) is 5.75 Å². The maximum Gasteiger partial charge on any atom is 0.120 e. The zero-order chi connectivity index (χ0) is 10.1. The highest BCUT2D eigenvalue weighted by Crippen LogP contribution is 2.41. The van der Waals surface area contributed by atoms with Crippen molar-refractivity contribution in [3.8, 4) is 5.75 Å². The molecule has 0 aromatic heterocycles. The predicted molar refractivity (Wildman–Crippen MR) is 57.1 cm³/mol. The largest absolute Gasteiger partial charge is 0.508 e. The Morgan fingerprint density at radius 2 is 2.21 bits per heavy atom. The molecule has 0 saturated heterocycles. The molecule has 1 fully saturated rings. The molecule has 1 aromatic rings. The minimum atomic E-state index is 0.0286. The van der Waals surface area contributed by atoms with E-state index in [2.05, 4.69) is 13.0 Å². The summed E-state index contributed by atoms with van der Waals surface area (Å²) in [5.74, 6) is 0.956. The van der Waals surface area contributed by atoms with Crippen LogP contribution in [-0.4, -0.2) is 5.11 Å². The van der Waals surface area contributed by atoms with Crippen LogP contribution >= 0.6 is 0 Å². The van der Waals surface area contributed by atoms with Gasteiger partial charge >= 0.3 is 0 Å². The van der Waals surface area contributed by atoms with Gasteiger partial charge in [-0.25, -0.2) is 0 Å². The molecule has 1 atom stereocenters. The third-order valence-electron chi connectivity index (χ3n) is 2.99. The average Bonchev–Trinajstić information content (AvgIpc) is 3.00. The van der Waals surface area contributed by atoms with Crippen LogP contribution in [0.1, 0.15) is 36.9 Å². The molecular weight excluding hydrogens is 174 g/mol. The highest BCUT2D eigenvalue weighted by Gasteiger charge is 2.30. The SMILES string of the molecule is CCc1ccc(C(N)C2CC2)c(O)c1. The van der Waals surface area contributed by atoms with E-state index in [-0.39, 0.29) is 6.04 Å². The van der Waals surface area contributed by atoms with Crippen LogP contribution in [0.2, 0.25) is 0 Å². The number of hydrogen-bond donors (Lipinski definition) is 2. The molecule has 0 radical (unpaired) electrons. The maximum atomic E-state index is 9.79. The Labute approximate surface area is 84.7 Å². The van der Waals surface area contributed by atoms with Gasteiger partial charge in [0.25, 0.3) is 0 Å². The Hall–Kier alpha value is -1.02. The fraction of sp³-hybridized carbons (Fsp3) is 0.500. The van der Waals surface area contributed by atoms with Gasteiger partial charge in [0, 0.05) is 11.6 Å². The van der Waals surface area contributed by atoms with Gasteiger partial charge < -0.3 is 10.8 Å². The van der Waals surface area contributed by atoms with Crippen molar-refractivity contribution in [2.24, 2.45) is 11.7 Å². The van der Waals surface area contributed by atoms with Crippen molar-refractivity contribution >= 4 is 0 Å². The van der Waals surface area contributed by atoms with Crippen molar-refractivity contribution < 1.29 is 5.11 Å². The molecule has 0 amide bonds. The predicted octanol–water partition coefficient (Wildman–Crippen LogP) is 2.36. The van der Waals surface area contributed by atoms with Gasteiger partial charge in [-0.2, -0.15) is 0 Å². The number of aryl methyl sites for hydroxylation is 1. The maximum absolute atomic E-state index is 9.79. The lowest BCUT2D eigenvalue weighted by atomic mass is 10.00. The fourth-order valence-corrected chi connectivity index (χ4v) is 1.80. The molecule has 0 bridgehead atoms. The molecule has 76 valence electrons. The molecule has 0 aliphatic heterocycles. The molecule has 3 N–H and O–H groups in total. The Kier molecular flexibility index (Phi) is 2.46. The molecule has 1 aliphatic rings. The molecule has 0 heterocycles. The second-order valence-electron chi connectivity index (χ2n) is 4.11. The van der Waals surface area contributed by atoms with Gasteiger partial charge in [0.05, 0.1) is 0 Å². The first-order valence-corrected chi connectivity index (χ1v) is 5.29. The summed E-state index contributed by atoms with van der Waals surface area (Å²) in [5.41, 5.74) is 8.10. The minimum absolute atomic E-state index is 0.0286. The van der Waals surface area contributed by atoms with Crippen LogP contribution in [0.15, 0.2) is 18.2 Å². The zero-order valence-electron chi connectivity index (χ0n) is 8.53. The minimum Gasteiger partial charge on any atom is -0.508 e. The normalized spacial score (nSPS) is 18.1. The molecule has 2 heteroatoms. The molecule has 14 heavy (non-hydrogen) atoms. The Morgan fingerprint density at radius 1 is 1.50 bits per heavy atom. The molecule has 1 aliphatic carbocycles. The third kappa shape index (κ3) is 1.75. The van der Waals surface area contributed by atoms with E-state index >= 15 is 0 Å². The van der Waals surface area contributed by atoms with E-state index < -0.39 is 0 Å². The lowest BCUT2D eigenvalue weighted by Gasteiger charge is -2.13. The third-order valence-corrected chi connectivity index (χ3v) is 2.99. The summed E-state index contributed by atoms with van der Waals surface area (Å²) in [5, 5.41) is 9.79. The lowest BCUT2D eigenvalue weighted by molar-refractivity contribution is 0.455. The first kappa shape index (κ1) is 9.53. The molecule has 2 rings (SSSR count). The van der Waals surface area contributed by atoms with Gasteiger partial charge in [-0.05, 0) is 36.8 Å². The van der Waals surface area contributed by atoms with E-state index in [4.69, 9.17) is 5.73 Å². The van der Waals surface area contributed by atoms with Crippen molar-refractivity contribution in [3.63, 3.8) is 0 Å². The average molecular weight is 191 g/mol. The second kappa shape index (κ2) is 3.62. The molecule has 1 aromatic carbocycles. The number of hydrogen-bond acceptors (Lipinski definition) is 2. The van der Waals surface area contributed by atoms with Crippen molar-refractivity contribution in [2.45, 2.75) is 32.2 Å². The lowest BCUT2D eigenvalue weighted by Crippen LogP contribution is -2.12. The van der Waals surface area contributed by atoms with Crippen molar-refractivity contribution in [3.05, 3.63) is 29.3 Å². The smallest absolute Gasteiger partial charge is 0.120 e. The first-order chi connectivity index (χ1) is 6.72. The number of rotatable bonds is 3. The number of aromatic hydroxyl groups is 1. The van der Waals surface area contributed by atoms with Crippen molar-refractivity contribution in [1.82, 2.24) is 0 Å². The molecule has 1 unspecified atom stereocenters. The zero-order valence-corrected chi connectivity index (χ0v) is 8.53. The Balaban J connectivity index is 2.24. The van der Waals surface area contributed by atoms with Crippen LogP contribution in [0.4, 0.5) is 0 Å². The molecule has 2 nitrogen and oxygen atoms in total. The summed E-state index contributed by atoms with van der Waals surface area (Å²) in [7, 11) is 0. The summed E-state index contributed by atoms with van der Waals surface area (Å²) in [6.07, 6.45) is 3.36.